The molecule has 0 aliphatic heterocycles. The predicted octanol–water partition coefficient (Wildman–Crippen LogP) is 3.71. The van der Waals surface area contributed by atoms with E-state index in [0.29, 0.717) is 0 Å². The van der Waals surface area contributed by atoms with E-state index >= 15 is 0 Å². The average Bonchev–Trinajstić information content (AvgIpc) is 2.75. The molecule has 2 rings (SSSR count). The number of nitrogens with one attached hydrogen (secondary N) is 1. The van der Waals surface area contributed by atoms with Crippen molar-refractivity contribution in [2.45, 2.75) is 33.2 Å². The van der Waals surface area contributed by atoms with Crippen molar-refractivity contribution < 1.29 is 4.42 Å². The van der Waals surface area contributed by atoms with E-state index in [1.54, 1.807) is 6.26 Å². The molecule has 19 heavy (non-hydrogen) atoms. The van der Waals surface area contributed by atoms with E-state index in [4.69, 9.17) is 10.3 Å². The summed E-state index contributed by atoms with van der Waals surface area (Å²) >= 11 is 3.41. The van der Waals surface area contributed by atoms with E-state index in [-0.39, 0.29) is 6.04 Å². The summed E-state index contributed by atoms with van der Waals surface area (Å²) in [4.78, 5) is 0. The Balaban J connectivity index is 2.32. The fraction of sp³-hybridized carbons (Fsp3) is 0.333. The molecular weight excluding hydrogens is 304 g/mol. The first-order valence-electron chi connectivity index (χ1n) is 6.28. The van der Waals surface area contributed by atoms with E-state index in [1.165, 1.54) is 22.3 Å². The third-order valence-corrected chi connectivity index (χ3v) is 4.12. The summed E-state index contributed by atoms with van der Waals surface area (Å²) in [6.07, 6.45) is 2.51. The molecule has 1 aromatic heterocycles. The highest BCUT2D eigenvalue weighted by molar-refractivity contribution is 9.10. The van der Waals surface area contributed by atoms with Gasteiger partial charge in [0, 0.05) is 5.56 Å². The number of halogens is 1. The van der Waals surface area contributed by atoms with Crippen LogP contribution in [0.2, 0.25) is 0 Å². The predicted molar refractivity (Wildman–Crippen MR) is 80.8 cm³/mol. The minimum atomic E-state index is 0.0354. The maximum absolute atomic E-state index is 5.70. The quantitative estimate of drug-likeness (QED) is 0.666. The molecule has 0 aliphatic rings. The van der Waals surface area contributed by atoms with Gasteiger partial charge in [-0.1, -0.05) is 17.7 Å². The maximum Gasteiger partial charge on any atom is 0.173 e. The number of nitrogens with two attached hydrogens (primary N) is 1. The van der Waals surface area contributed by atoms with Gasteiger partial charge in [0.15, 0.2) is 4.67 Å². The van der Waals surface area contributed by atoms with Gasteiger partial charge in [-0.3, -0.25) is 11.3 Å². The van der Waals surface area contributed by atoms with Crippen molar-refractivity contribution >= 4 is 15.9 Å². The smallest absolute Gasteiger partial charge is 0.173 e. The molecule has 2 aromatic rings. The van der Waals surface area contributed by atoms with Gasteiger partial charge in [0.1, 0.15) is 0 Å². The summed E-state index contributed by atoms with van der Waals surface area (Å²) < 4.78 is 6.02. The first kappa shape index (κ1) is 14.3. The first-order valence-corrected chi connectivity index (χ1v) is 7.08. The molecule has 0 aliphatic carbocycles. The molecule has 0 spiro atoms. The fourth-order valence-corrected chi connectivity index (χ4v) is 3.06. The van der Waals surface area contributed by atoms with Gasteiger partial charge in [0.05, 0.1) is 12.3 Å². The second kappa shape index (κ2) is 5.90. The summed E-state index contributed by atoms with van der Waals surface area (Å²) in [5.41, 5.74) is 9.15. The van der Waals surface area contributed by atoms with E-state index < -0.39 is 0 Å². The number of benzene rings is 1. The standard InChI is InChI=1S/C15H19BrN2O/c1-9-6-10(2)13(11(3)7-9)8-14(18-17)12-4-5-19-15(12)16/h4-7,14,18H,8,17H2,1-3H3. The maximum atomic E-state index is 5.70. The molecule has 1 unspecified atom stereocenters. The van der Waals surface area contributed by atoms with E-state index in [0.717, 1.165) is 16.7 Å². The molecule has 0 saturated carbocycles. The van der Waals surface area contributed by atoms with Gasteiger partial charge < -0.3 is 4.42 Å². The monoisotopic (exact) mass is 322 g/mol. The van der Waals surface area contributed by atoms with Crippen LogP contribution >= 0.6 is 15.9 Å². The van der Waals surface area contributed by atoms with Gasteiger partial charge in [0.2, 0.25) is 0 Å². The summed E-state index contributed by atoms with van der Waals surface area (Å²) in [6.45, 7) is 6.41. The Labute approximate surface area is 122 Å². The lowest BCUT2D eigenvalue weighted by atomic mass is 9.93. The van der Waals surface area contributed by atoms with Gasteiger partial charge in [-0.15, -0.1) is 0 Å². The second-order valence-electron chi connectivity index (χ2n) is 4.95. The lowest BCUT2D eigenvalue weighted by molar-refractivity contribution is 0.506. The molecule has 1 aromatic carbocycles. The van der Waals surface area contributed by atoms with Crippen LogP contribution in [-0.4, -0.2) is 0 Å². The molecule has 3 N–H and O–H groups in total. The zero-order valence-corrected chi connectivity index (χ0v) is 13.0. The molecule has 0 saturated heterocycles. The Bertz CT molecular complexity index is 554. The number of furan rings is 1. The lowest BCUT2D eigenvalue weighted by Crippen LogP contribution is -2.30. The minimum absolute atomic E-state index is 0.0354. The number of hydrogen-bond donors (Lipinski definition) is 2. The largest absolute Gasteiger partial charge is 0.457 e. The SMILES string of the molecule is Cc1cc(C)c(CC(NN)c2ccoc2Br)c(C)c1. The zero-order valence-electron chi connectivity index (χ0n) is 11.5. The highest BCUT2D eigenvalue weighted by atomic mass is 79.9. The van der Waals surface area contributed by atoms with Crippen LogP contribution < -0.4 is 11.3 Å². The molecule has 1 atom stereocenters. The van der Waals surface area contributed by atoms with Crippen molar-refractivity contribution in [1.82, 2.24) is 5.43 Å². The van der Waals surface area contributed by atoms with Crippen molar-refractivity contribution in [3.63, 3.8) is 0 Å². The Morgan fingerprint density at radius 2 is 1.89 bits per heavy atom. The van der Waals surface area contributed by atoms with Crippen LogP contribution in [0.15, 0.2) is 33.5 Å². The molecule has 0 bridgehead atoms. The Kier molecular flexibility index (Phi) is 4.45. The van der Waals surface area contributed by atoms with Crippen molar-refractivity contribution in [2.75, 3.05) is 0 Å². The number of rotatable bonds is 4. The van der Waals surface area contributed by atoms with E-state index in [2.05, 4.69) is 54.3 Å². The van der Waals surface area contributed by atoms with Crippen LogP contribution in [0, 0.1) is 20.8 Å². The summed E-state index contributed by atoms with van der Waals surface area (Å²) in [5, 5.41) is 0. The van der Waals surface area contributed by atoms with Crippen molar-refractivity contribution in [1.29, 1.82) is 0 Å². The molecule has 0 amide bonds. The molecule has 1 heterocycles. The minimum Gasteiger partial charge on any atom is -0.457 e. The number of aryl methyl sites for hydroxylation is 3. The van der Waals surface area contributed by atoms with Gasteiger partial charge >= 0.3 is 0 Å². The second-order valence-corrected chi connectivity index (χ2v) is 5.67. The van der Waals surface area contributed by atoms with Crippen LogP contribution in [-0.2, 0) is 6.42 Å². The van der Waals surface area contributed by atoms with Crippen molar-refractivity contribution in [2.24, 2.45) is 5.84 Å². The third-order valence-electron chi connectivity index (χ3n) is 3.47. The Morgan fingerprint density at radius 3 is 2.37 bits per heavy atom. The van der Waals surface area contributed by atoms with Crippen LogP contribution in [0.25, 0.3) is 0 Å². The van der Waals surface area contributed by atoms with E-state index in [9.17, 15) is 0 Å². The summed E-state index contributed by atoms with van der Waals surface area (Å²) in [6, 6.07) is 6.39. The van der Waals surface area contributed by atoms with Crippen LogP contribution in [0.5, 0.6) is 0 Å². The topological polar surface area (TPSA) is 51.2 Å². The average molecular weight is 323 g/mol. The molecule has 0 fully saturated rings. The molecular formula is C15H19BrN2O. The van der Waals surface area contributed by atoms with Gasteiger partial charge in [-0.2, -0.15) is 0 Å². The van der Waals surface area contributed by atoms with Gasteiger partial charge in [-0.05, 0) is 65.9 Å². The molecule has 4 heteroatoms. The molecule has 102 valence electrons. The first-order chi connectivity index (χ1) is 9.02. The molecule has 3 nitrogen and oxygen atoms in total. The molecule has 0 radical (unpaired) electrons. The third kappa shape index (κ3) is 3.08. The lowest BCUT2D eigenvalue weighted by Gasteiger charge is -2.18. The van der Waals surface area contributed by atoms with Crippen LogP contribution in [0.4, 0.5) is 0 Å². The Morgan fingerprint density at radius 1 is 1.26 bits per heavy atom. The number of hydrogen-bond acceptors (Lipinski definition) is 3. The van der Waals surface area contributed by atoms with Crippen LogP contribution in [0.3, 0.4) is 0 Å². The Hall–Kier alpha value is -1.10. The van der Waals surface area contributed by atoms with Crippen molar-refractivity contribution in [3.05, 3.63) is 56.9 Å². The fourth-order valence-electron chi connectivity index (χ4n) is 2.55. The number of hydrazine groups is 1. The summed E-state index contributed by atoms with van der Waals surface area (Å²) in [7, 11) is 0. The van der Waals surface area contributed by atoms with Crippen LogP contribution in [0.1, 0.15) is 33.9 Å². The highest BCUT2D eigenvalue weighted by Crippen LogP contribution is 2.29. The van der Waals surface area contributed by atoms with Gasteiger partial charge in [-0.25, -0.2) is 0 Å². The highest BCUT2D eigenvalue weighted by Gasteiger charge is 2.18. The normalized spacial score (nSPS) is 12.7. The summed E-state index contributed by atoms with van der Waals surface area (Å²) in [5.74, 6) is 5.70. The van der Waals surface area contributed by atoms with Crippen molar-refractivity contribution in [3.8, 4) is 0 Å². The zero-order chi connectivity index (χ0) is 14.0. The van der Waals surface area contributed by atoms with Gasteiger partial charge in [0.25, 0.3) is 0 Å². The van der Waals surface area contributed by atoms with E-state index in [1.807, 2.05) is 6.07 Å².